The molecule has 4 aromatic carbocycles. The molecule has 0 aromatic heterocycles. The van der Waals surface area contributed by atoms with E-state index < -0.39 is 17.5 Å². The Morgan fingerprint density at radius 1 is 0.622 bits per heavy atom. The molecule has 0 unspecified atom stereocenters. The fourth-order valence-corrected chi connectivity index (χ4v) is 4.23. The SMILES string of the molecule is CCCCCc1ccc(-c2ccc(-c3ccc(OCc4ccc(OCC)c(F)c4)cc3)c(F)c2F)cc1. The number of rotatable bonds is 11. The van der Waals surface area contributed by atoms with Gasteiger partial charge in [-0.3, -0.25) is 0 Å². The summed E-state index contributed by atoms with van der Waals surface area (Å²) in [5, 5.41) is 0. The second kappa shape index (κ2) is 12.5. The van der Waals surface area contributed by atoms with Crippen molar-refractivity contribution in [2.75, 3.05) is 6.61 Å². The molecular formula is C32H31F3O2. The molecule has 4 rings (SSSR count). The summed E-state index contributed by atoms with van der Waals surface area (Å²) in [7, 11) is 0. The first-order chi connectivity index (χ1) is 18.0. The van der Waals surface area contributed by atoms with Gasteiger partial charge in [-0.05, 0) is 66.3 Å². The Hall–Kier alpha value is -3.73. The predicted octanol–water partition coefficient (Wildman–Crippen LogP) is 9.15. The molecule has 0 N–H and O–H groups in total. The van der Waals surface area contributed by atoms with Gasteiger partial charge in [0.05, 0.1) is 6.61 Å². The summed E-state index contributed by atoms with van der Waals surface area (Å²) in [6.45, 7) is 4.51. The summed E-state index contributed by atoms with van der Waals surface area (Å²) in [6.07, 6.45) is 4.45. The normalized spacial score (nSPS) is 10.9. The van der Waals surface area contributed by atoms with Gasteiger partial charge in [0.25, 0.3) is 0 Å². The molecule has 37 heavy (non-hydrogen) atoms. The smallest absolute Gasteiger partial charge is 0.167 e. The van der Waals surface area contributed by atoms with Crippen LogP contribution in [0.1, 0.15) is 44.2 Å². The lowest BCUT2D eigenvalue weighted by Crippen LogP contribution is -1.99. The van der Waals surface area contributed by atoms with Crippen molar-refractivity contribution in [1.29, 1.82) is 0 Å². The Kier molecular flexibility index (Phi) is 8.89. The second-order valence-electron chi connectivity index (χ2n) is 8.95. The van der Waals surface area contributed by atoms with Gasteiger partial charge >= 0.3 is 0 Å². The van der Waals surface area contributed by atoms with Gasteiger partial charge in [0, 0.05) is 11.1 Å². The highest BCUT2D eigenvalue weighted by molar-refractivity contribution is 5.72. The first kappa shape index (κ1) is 26.3. The summed E-state index contributed by atoms with van der Waals surface area (Å²) < 4.78 is 55.1. The van der Waals surface area contributed by atoms with E-state index in [9.17, 15) is 4.39 Å². The van der Waals surface area contributed by atoms with E-state index in [4.69, 9.17) is 9.47 Å². The van der Waals surface area contributed by atoms with Crippen molar-refractivity contribution in [2.24, 2.45) is 0 Å². The molecule has 4 aromatic rings. The zero-order valence-electron chi connectivity index (χ0n) is 21.2. The molecule has 0 amide bonds. The van der Waals surface area contributed by atoms with Gasteiger partial charge in [0.2, 0.25) is 0 Å². The van der Waals surface area contributed by atoms with Crippen LogP contribution in [0.2, 0.25) is 0 Å². The number of aryl methyl sites for hydroxylation is 1. The molecule has 0 aliphatic carbocycles. The van der Waals surface area contributed by atoms with Crippen LogP contribution >= 0.6 is 0 Å². The van der Waals surface area contributed by atoms with Crippen molar-refractivity contribution in [1.82, 2.24) is 0 Å². The maximum Gasteiger partial charge on any atom is 0.167 e. The lowest BCUT2D eigenvalue weighted by molar-refractivity contribution is 0.302. The Labute approximate surface area is 216 Å². The van der Waals surface area contributed by atoms with Crippen LogP contribution in [-0.4, -0.2) is 6.61 Å². The molecule has 5 heteroatoms. The highest BCUT2D eigenvalue weighted by Crippen LogP contribution is 2.32. The molecule has 2 nitrogen and oxygen atoms in total. The van der Waals surface area contributed by atoms with Crippen LogP contribution in [0.15, 0.2) is 78.9 Å². The number of halogens is 3. The zero-order valence-corrected chi connectivity index (χ0v) is 21.2. The average molecular weight is 505 g/mol. The number of hydrogen-bond acceptors (Lipinski definition) is 2. The van der Waals surface area contributed by atoms with E-state index in [1.54, 1.807) is 55.5 Å². The van der Waals surface area contributed by atoms with Crippen LogP contribution in [0, 0.1) is 17.5 Å². The Balaban J connectivity index is 1.43. The molecule has 0 radical (unpaired) electrons. The molecule has 0 bridgehead atoms. The van der Waals surface area contributed by atoms with Crippen LogP contribution < -0.4 is 9.47 Å². The van der Waals surface area contributed by atoms with Crippen molar-refractivity contribution in [2.45, 2.75) is 46.1 Å². The van der Waals surface area contributed by atoms with Gasteiger partial charge < -0.3 is 9.47 Å². The standard InChI is InChI=1S/C32H31F3O2/c1-3-5-6-7-22-8-11-24(12-9-22)27-17-18-28(32(35)31(27)34)25-13-15-26(16-14-25)37-21-23-10-19-30(36-4-2)29(33)20-23/h8-20H,3-7,21H2,1-2H3. The van der Waals surface area contributed by atoms with Gasteiger partial charge in [-0.1, -0.05) is 74.4 Å². The number of unbranched alkanes of at least 4 members (excludes halogenated alkanes) is 2. The van der Waals surface area contributed by atoms with E-state index in [-0.39, 0.29) is 23.5 Å². The minimum atomic E-state index is -0.886. The highest BCUT2D eigenvalue weighted by atomic mass is 19.2. The third-order valence-corrected chi connectivity index (χ3v) is 6.28. The van der Waals surface area contributed by atoms with Crippen LogP contribution in [-0.2, 0) is 13.0 Å². The van der Waals surface area contributed by atoms with E-state index in [1.165, 1.54) is 18.1 Å². The molecule has 0 saturated heterocycles. The number of ether oxygens (including phenoxy) is 2. The maximum atomic E-state index is 15.1. The number of benzene rings is 4. The van der Waals surface area contributed by atoms with Gasteiger partial charge in [-0.2, -0.15) is 0 Å². The monoisotopic (exact) mass is 504 g/mol. The minimum Gasteiger partial charge on any atom is -0.491 e. The van der Waals surface area contributed by atoms with E-state index in [0.29, 0.717) is 29.0 Å². The predicted molar refractivity (Wildman–Crippen MR) is 142 cm³/mol. The Bertz CT molecular complexity index is 1320. The van der Waals surface area contributed by atoms with Crippen LogP contribution in [0.25, 0.3) is 22.3 Å². The van der Waals surface area contributed by atoms with Crippen LogP contribution in [0.3, 0.4) is 0 Å². The Morgan fingerprint density at radius 3 is 1.78 bits per heavy atom. The summed E-state index contributed by atoms with van der Waals surface area (Å²) in [5.41, 5.74) is 3.46. The van der Waals surface area contributed by atoms with Crippen molar-refractivity contribution in [3.8, 4) is 33.8 Å². The third-order valence-electron chi connectivity index (χ3n) is 6.28. The van der Waals surface area contributed by atoms with E-state index in [2.05, 4.69) is 6.92 Å². The van der Waals surface area contributed by atoms with Crippen LogP contribution in [0.4, 0.5) is 13.2 Å². The van der Waals surface area contributed by atoms with Crippen molar-refractivity contribution < 1.29 is 22.6 Å². The molecule has 0 spiro atoms. The molecule has 0 saturated carbocycles. The largest absolute Gasteiger partial charge is 0.491 e. The first-order valence-corrected chi connectivity index (χ1v) is 12.7. The first-order valence-electron chi connectivity index (χ1n) is 12.7. The fourth-order valence-electron chi connectivity index (χ4n) is 4.23. The lowest BCUT2D eigenvalue weighted by atomic mass is 9.97. The molecule has 192 valence electrons. The van der Waals surface area contributed by atoms with Gasteiger partial charge in [0.15, 0.2) is 23.2 Å². The fraction of sp³-hybridized carbons (Fsp3) is 0.250. The number of hydrogen-bond donors (Lipinski definition) is 0. The summed E-state index contributed by atoms with van der Waals surface area (Å²) in [4.78, 5) is 0. The molecule has 0 aliphatic heterocycles. The Morgan fingerprint density at radius 2 is 1.22 bits per heavy atom. The molecule has 0 fully saturated rings. The molecule has 0 atom stereocenters. The van der Waals surface area contributed by atoms with Gasteiger partial charge in [-0.25, -0.2) is 13.2 Å². The highest BCUT2D eigenvalue weighted by Gasteiger charge is 2.16. The average Bonchev–Trinajstić information content (AvgIpc) is 2.91. The van der Waals surface area contributed by atoms with Crippen molar-refractivity contribution >= 4 is 0 Å². The van der Waals surface area contributed by atoms with Gasteiger partial charge in [-0.15, -0.1) is 0 Å². The quantitative estimate of drug-likeness (QED) is 0.190. The molecule has 0 heterocycles. The lowest BCUT2D eigenvalue weighted by Gasteiger charge is -2.11. The maximum absolute atomic E-state index is 15.1. The van der Waals surface area contributed by atoms with E-state index in [0.717, 1.165) is 19.3 Å². The van der Waals surface area contributed by atoms with Crippen molar-refractivity contribution in [3.63, 3.8) is 0 Å². The van der Waals surface area contributed by atoms with Crippen LogP contribution in [0.5, 0.6) is 11.5 Å². The molecule has 0 aliphatic rings. The van der Waals surface area contributed by atoms with Gasteiger partial charge in [0.1, 0.15) is 12.4 Å². The van der Waals surface area contributed by atoms with E-state index >= 15 is 8.78 Å². The second-order valence-corrected chi connectivity index (χ2v) is 8.95. The summed E-state index contributed by atoms with van der Waals surface area (Å²) in [5.74, 6) is -1.45. The topological polar surface area (TPSA) is 18.5 Å². The summed E-state index contributed by atoms with van der Waals surface area (Å²) in [6, 6.07) is 22.3. The zero-order chi connectivity index (χ0) is 26.2. The van der Waals surface area contributed by atoms with Crippen molar-refractivity contribution in [3.05, 3.63) is 107 Å². The molecular weight excluding hydrogens is 473 g/mol. The third kappa shape index (κ3) is 6.53. The minimum absolute atomic E-state index is 0.164. The van der Waals surface area contributed by atoms with E-state index in [1.807, 2.05) is 24.3 Å². The summed E-state index contributed by atoms with van der Waals surface area (Å²) >= 11 is 0.